The Kier molecular flexibility index (Phi) is 5.17. The molecular weight excluding hydrogens is 383 g/mol. The molecule has 0 bridgehead atoms. The van der Waals surface area contributed by atoms with Crippen molar-refractivity contribution >= 4 is 17.1 Å². The number of carbonyl (C=O) groups excluding carboxylic acids is 1. The predicted molar refractivity (Wildman–Crippen MR) is 101 cm³/mol. The van der Waals surface area contributed by atoms with Crippen LogP contribution in [0.4, 0.5) is 18.0 Å². The highest BCUT2D eigenvalue weighted by Crippen LogP contribution is 2.33. The zero-order chi connectivity index (χ0) is 20.4. The van der Waals surface area contributed by atoms with Crippen LogP contribution in [0.3, 0.4) is 0 Å². The SMILES string of the molecule is O=C(OCc1ccccc1)N1CC[C@@H](Cn2c(C(F)(F)F)nc3ccccc32)C1. The van der Waals surface area contributed by atoms with E-state index < -0.39 is 18.1 Å². The summed E-state index contributed by atoms with van der Waals surface area (Å²) in [5.74, 6) is -0.998. The van der Waals surface area contributed by atoms with E-state index in [0.717, 1.165) is 5.56 Å². The predicted octanol–water partition coefficient (Wildman–Crippen LogP) is 4.71. The van der Waals surface area contributed by atoms with E-state index >= 15 is 0 Å². The van der Waals surface area contributed by atoms with Crippen molar-refractivity contribution in [3.8, 4) is 0 Å². The van der Waals surface area contributed by atoms with E-state index in [1.165, 1.54) is 4.57 Å². The molecule has 1 aromatic heterocycles. The van der Waals surface area contributed by atoms with Crippen molar-refractivity contribution in [3.63, 3.8) is 0 Å². The number of amides is 1. The maximum absolute atomic E-state index is 13.5. The van der Waals surface area contributed by atoms with Gasteiger partial charge in [0.25, 0.3) is 0 Å². The van der Waals surface area contributed by atoms with Gasteiger partial charge >= 0.3 is 12.3 Å². The summed E-state index contributed by atoms with van der Waals surface area (Å²) in [7, 11) is 0. The van der Waals surface area contributed by atoms with Gasteiger partial charge in [0.2, 0.25) is 5.82 Å². The molecule has 4 rings (SSSR count). The van der Waals surface area contributed by atoms with Crippen LogP contribution in [0.15, 0.2) is 54.6 Å². The number of rotatable bonds is 4. The lowest BCUT2D eigenvalue weighted by Crippen LogP contribution is -2.30. The molecule has 1 aliphatic heterocycles. The molecule has 0 spiro atoms. The second kappa shape index (κ2) is 7.77. The molecule has 1 atom stereocenters. The number of fused-ring (bicyclic) bond motifs is 1. The molecule has 8 heteroatoms. The molecule has 1 fully saturated rings. The molecule has 1 saturated heterocycles. The number of para-hydroxylation sites is 2. The Morgan fingerprint density at radius 3 is 2.59 bits per heavy atom. The number of halogens is 3. The molecule has 0 radical (unpaired) electrons. The smallest absolute Gasteiger partial charge is 0.445 e. The fourth-order valence-electron chi connectivity index (χ4n) is 3.69. The number of nitrogens with zero attached hydrogens (tertiary/aromatic N) is 3. The van der Waals surface area contributed by atoms with Crippen molar-refractivity contribution in [2.45, 2.75) is 25.7 Å². The highest BCUT2D eigenvalue weighted by Gasteiger charge is 2.38. The number of hydrogen-bond donors (Lipinski definition) is 0. The van der Waals surface area contributed by atoms with E-state index in [2.05, 4.69) is 4.98 Å². The van der Waals surface area contributed by atoms with E-state index in [1.54, 1.807) is 29.2 Å². The van der Waals surface area contributed by atoms with E-state index in [4.69, 9.17) is 4.74 Å². The van der Waals surface area contributed by atoms with Crippen LogP contribution >= 0.6 is 0 Å². The Bertz CT molecular complexity index is 1000. The molecule has 2 heterocycles. The topological polar surface area (TPSA) is 47.4 Å². The van der Waals surface area contributed by atoms with Gasteiger partial charge in [-0.25, -0.2) is 9.78 Å². The monoisotopic (exact) mass is 403 g/mol. The first kappa shape index (κ1) is 19.3. The van der Waals surface area contributed by atoms with Crippen LogP contribution in [-0.2, 0) is 24.1 Å². The fourth-order valence-corrected chi connectivity index (χ4v) is 3.69. The summed E-state index contributed by atoms with van der Waals surface area (Å²) in [5, 5.41) is 0. The van der Waals surface area contributed by atoms with Gasteiger partial charge in [0.05, 0.1) is 11.0 Å². The molecule has 0 unspecified atom stereocenters. The molecule has 152 valence electrons. The van der Waals surface area contributed by atoms with Gasteiger partial charge in [-0.15, -0.1) is 0 Å². The average molecular weight is 403 g/mol. The van der Waals surface area contributed by atoms with E-state index in [9.17, 15) is 18.0 Å². The van der Waals surface area contributed by atoms with Gasteiger partial charge in [0, 0.05) is 19.6 Å². The van der Waals surface area contributed by atoms with Crippen LogP contribution in [0.1, 0.15) is 17.8 Å². The third-order valence-corrected chi connectivity index (χ3v) is 5.10. The molecule has 5 nitrogen and oxygen atoms in total. The summed E-state index contributed by atoms with van der Waals surface area (Å²) in [6, 6.07) is 15.9. The van der Waals surface area contributed by atoms with Gasteiger partial charge in [-0.3, -0.25) is 0 Å². The van der Waals surface area contributed by atoms with Gasteiger partial charge in [0.15, 0.2) is 0 Å². The summed E-state index contributed by atoms with van der Waals surface area (Å²) in [4.78, 5) is 17.6. The lowest BCUT2D eigenvalue weighted by atomic mass is 10.1. The second-order valence-electron chi connectivity index (χ2n) is 7.17. The third kappa shape index (κ3) is 4.21. The summed E-state index contributed by atoms with van der Waals surface area (Å²) < 4.78 is 46.9. The summed E-state index contributed by atoms with van der Waals surface area (Å²) in [6.45, 7) is 1.15. The lowest BCUT2D eigenvalue weighted by Gasteiger charge is -2.18. The van der Waals surface area contributed by atoms with Crippen molar-refractivity contribution in [1.29, 1.82) is 0 Å². The third-order valence-electron chi connectivity index (χ3n) is 5.10. The minimum atomic E-state index is -4.54. The van der Waals surface area contributed by atoms with Crippen LogP contribution in [0.2, 0.25) is 0 Å². The number of benzene rings is 2. The van der Waals surface area contributed by atoms with Crippen LogP contribution in [-0.4, -0.2) is 33.6 Å². The first-order chi connectivity index (χ1) is 13.9. The molecular formula is C21H20F3N3O2. The zero-order valence-electron chi connectivity index (χ0n) is 15.6. The van der Waals surface area contributed by atoms with Gasteiger partial charge in [-0.1, -0.05) is 42.5 Å². The molecule has 0 aliphatic carbocycles. The second-order valence-corrected chi connectivity index (χ2v) is 7.17. The first-order valence-corrected chi connectivity index (χ1v) is 9.40. The van der Waals surface area contributed by atoms with E-state index in [-0.39, 0.29) is 19.1 Å². The standard InChI is InChI=1S/C21H20F3N3O2/c22-21(23,24)19-25-17-8-4-5-9-18(17)27(19)13-16-10-11-26(12-16)20(28)29-14-15-6-2-1-3-7-15/h1-9,16H,10-14H2/t16-/m1/s1. The highest BCUT2D eigenvalue weighted by atomic mass is 19.4. The summed E-state index contributed by atoms with van der Waals surface area (Å²) >= 11 is 0. The largest absolute Gasteiger partial charge is 0.449 e. The Morgan fingerprint density at radius 1 is 1.10 bits per heavy atom. The van der Waals surface area contributed by atoms with Gasteiger partial charge < -0.3 is 14.2 Å². The molecule has 29 heavy (non-hydrogen) atoms. The number of imidazole rings is 1. The molecule has 1 aliphatic rings. The number of hydrogen-bond acceptors (Lipinski definition) is 3. The first-order valence-electron chi connectivity index (χ1n) is 9.40. The Balaban J connectivity index is 1.43. The molecule has 1 amide bonds. The van der Waals surface area contributed by atoms with Crippen LogP contribution in [0.5, 0.6) is 0 Å². The molecule has 3 aromatic rings. The molecule has 0 N–H and O–H groups in total. The van der Waals surface area contributed by atoms with Gasteiger partial charge in [-0.05, 0) is 30.0 Å². The number of aromatic nitrogens is 2. The van der Waals surface area contributed by atoms with Crippen molar-refractivity contribution in [2.75, 3.05) is 13.1 Å². The summed E-state index contributed by atoms with van der Waals surface area (Å²) in [5.41, 5.74) is 1.65. The Labute approximate surface area is 165 Å². The Morgan fingerprint density at radius 2 is 1.83 bits per heavy atom. The maximum Gasteiger partial charge on any atom is 0.449 e. The van der Waals surface area contributed by atoms with Gasteiger partial charge in [-0.2, -0.15) is 13.2 Å². The van der Waals surface area contributed by atoms with Crippen molar-refractivity contribution in [2.24, 2.45) is 5.92 Å². The lowest BCUT2D eigenvalue weighted by molar-refractivity contribution is -0.147. The van der Waals surface area contributed by atoms with Gasteiger partial charge in [0.1, 0.15) is 6.61 Å². The van der Waals surface area contributed by atoms with E-state index in [1.807, 2.05) is 30.3 Å². The minimum absolute atomic E-state index is 0.0991. The highest BCUT2D eigenvalue weighted by molar-refractivity contribution is 5.76. The van der Waals surface area contributed by atoms with E-state index in [0.29, 0.717) is 30.5 Å². The van der Waals surface area contributed by atoms with Crippen LogP contribution < -0.4 is 0 Å². The van der Waals surface area contributed by atoms with Crippen LogP contribution in [0, 0.1) is 5.92 Å². The minimum Gasteiger partial charge on any atom is -0.445 e. The quantitative estimate of drug-likeness (QED) is 0.634. The van der Waals surface area contributed by atoms with Crippen LogP contribution in [0.25, 0.3) is 11.0 Å². The fraction of sp³-hybridized carbons (Fsp3) is 0.333. The van der Waals surface area contributed by atoms with Crippen molar-refractivity contribution in [1.82, 2.24) is 14.5 Å². The normalized spacial score (nSPS) is 17.1. The zero-order valence-corrected chi connectivity index (χ0v) is 15.6. The molecule has 2 aromatic carbocycles. The average Bonchev–Trinajstić information content (AvgIpc) is 3.32. The number of alkyl halides is 3. The Hall–Kier alpha value is -3.03. The number of ether oxygens (including phenoxy) is 1. The van der Waals surface area contributed by atoms with Crippen molar-refractivity contribution < 1.29 is 22.7 Å². The summed E-state index contributed by atoms with van der Waals surface area (Å²) in [6.07, 6.45) is -4.36. The number of likely N-dealkylation sites (tertiary alicyclic amines) is 1. The maximum atomic E-state index is 13.5. The molecule has 0 saturated carbocycles. The number of carbonyl (C=O) groups is 1. The van der Waals surface area contributed by atoms with Crippen molar-refractivity contribution in [3.05, 3.63) is 66.0 Å².